The molecule has 1 aliphatic rings. The van der Waals surface area contributed by atoms with Crippen LogP contribution in [0.5, 0.6) is 0 Å². The van der Waals surface area contributed by atoms with Gasteiger partial charge in [-0.15, -0.1) is 0 Å². The molecule has 3 nitrogen and oxygen atoms in total. The Kier molecular flexibility index (Phi) is 4.81. The summed E-state index contributed by atoms with van der Waals surface area (Å²) in [7, 11) is 4.11. The summed E-state index contributed by atoms with van der Waals surface area (Å²) >= 11 is 0. The summed E-state index contributed by atoms with van der Waals surface area (Å²) in [6.45, 7) is 4.29. The third-order valence-electron chi connectivity index (χ3n) is 4.44. The molecule has 0 saturated heterocycles. The molecule has 0 fully saturated rings. The molecule has 0 saturated carbocycles. The van der Waals surface area contributed by atoms with Crippen LogP contribution in [0.1, 0.15) is 49.1 Å². The Morgan fingerprint density at radius 3 is 2.74 bits per heavy atom. The minimum atomic E-state index is 0.472. The normalized spacial score (nSPS) is 18.0. The van der Waals surface area contributed by atoms with Gasteiger partial charge in [-0.05, 0) is 58.6 Å². The zero-order valence-corrected chi connectivity index (χ0v) is 12.8. The lowest BCUT2D eigenvalue weighted by Gasteiger charge is -2.20. The molecule has 1 aromatic heterocycles. The van der Waals surface area contributed by atoms with Gasteiger partial charge in [0, 0.05) is 18.8 Å². The second kappa shape index (κ2) is 6.38. The Labute approximate surface area is 117 Å². The monoisotopic (exact) mass is 261 g/mol. The number of hydrogen-bond acceptors (Lipinski definition) is 2. The van der Waals surface area contributed by atoms with E-state index in [9.17, 15) is 0 Å². The fourth-order valence-corrected chi connectivity index (χ4v) is 3.09. The first kappa shape index (κ1) is 14.3. The van der Waals surface area contributed by atoms with Gasteiger partial charge in [-0.3, -0.25) is 4.68 Å². The van der Waals surface area contributed by atoms with Crippen LogP contribution in [-0.2, 0) is 13.5 Å². The van der Waals surface area contributed by atoms with Crippen molar-refractivity contribution in [3.05, 3.63) is 28.6 Å². The maximum atomic E-state index is 4.53. The summed E-state index contributed by atoms with van der Waals surface area (Å²) < 4.78 is 2.00. The van der Waals surface area contributed by atoms with Crippen molar-refractivity contribution in [2.45, 2.75) is 58.4 Å². The van der Waals surface area contributed by atoms with Crippen LogP contribution in [0.25, 0.3) is 0 Å². The number of allylic oxidation sites excluding steroid dienone is 1. The number of nitrogens with zero attached hydrogens (tertiary/aromatic N) is 2. The van der Waals surface area contributed by atoms with E-state index in [1.165, 1.54) is 49.1 Å². The molecule has 1 aliphatic carbocycles. The van der Waals surface area contributed by atoms with E-state index in [2.05, 4.69) is 37.4 Å². The van der Waals surface area contributed by atoms with Gasteiger partial charge in [0.25, 0.3) is 0 Å². The van der Waals surface area contributed by atoms with Crippen molar-refractivity contribution in [2.24, 2.45) is 7.05 Å². The highest BCUT2D eigenvalue weighted by molar-refractivity contribution is 5.28. The summed E-state index contributed by atoms with van der Waals surface area (Å²) in [4.78, 5) is 0. The third-order valence-corrected chi connectivity index (χ3v) is 4.44. The van der Waals surface area contributed by atoms with Crippen LogP contribution in [0.4, 0.5) is 0 Å². The fraction of sp³-hybridized carbons (Fsp3) is 0.688. The molecule has 0 amide bonds. The minimum Gasteiger partial charge on any atom is -0.313 e. The van der Waals surface area contributed by atoms with Crippen LogP contribution >= 0.6 is 0 Å². The first-order valence-electron chi connectivity index (χ1n) is 7.48. The fourth-order valence-electron chi connectivity index (χ4n) is 3.09. The molecule has 0 aromatic carbocycles. The zero-order chi connectivity index (χ0) is 13.8. The summed E-state index contributed by atoms with van der Waals surface area (Å²) in [6, 6.07) is 0.472. The zero-order valence-electron chi connectivity index (χ0n) is 12.8. The van der Waals surface area contributed by atoms with Crippen molar-refractivity contribution in [2.75, 3.05) is 7.05 Å². The molecule has 1 atom stereocenters. The van der Waals surface area contributed by atoms with Gasteiger partial charge in [0.1, 0.15) is 0 Å². The predicted molar refractivity (Wildman–Crippen MR) is 80.4 cm³/mol. The summed E-state index contributed by atoms with van der Waals surface area (Å²) in [5.74, 6) is 0. The van der Waals surface area contributed by atoms with Gasteiger partial charge in [-0.1, -0.05) is 18.1 Å². The quantitative estimate of drug-likeness (QED) is 0.844. The molecular weight excluding hydrogens is 234 g/mol. The molecule has 106 valence electrons. The number of rotatable bonds is 4. The van der Waals surface area contributed by atoms with Crippen LogP contribution in [0, 0.1) is 13.8 Å². The Hall–Kier alpha value is -1.09. The molecule has 1 heterocycles. The highest BCUT2D eigenvalue weighted by Gasteiger charge is 2.18. The highest BCUT2D eigenvalue weighted by atomic mass is 15.3. The predicted octanol–water partition coefficient (Wildman–Crippen LogP) is 3.06. The molecule has 0 aliphatic heterocycles. The third kappa shape index (κ3) is 3.27. The van der Waals surface area contributed by atoms with Gasteiger partial charge in [-0.2, -0.15) is 5.10 Å². The Morgan fingerprint density at radius 1 is 1.32 bits per heavy atom. The number of aromatic nitrogens is 2. The number of likely N-dealkylation sites (N-methyl/N-ethyl adjacent to an activating group) is 1. The average molecular weight is 261 g/mol. The molecule has 2 rings (SSSR count). The molecule has 1 unspecified atom stereocenters. The van der Waals surface area contributed by atoms with E-state index in [1.54, 1.807) is 5.57 Å². The van der Waals surface area contributed by atoms with E-state index in [0.717, 1.165) is 6.42 Å². The maximum Gasteiger partial charge on any atom is 0.0629 e. The van der Waals surface area contributed by atoms with Crippen molar-refractivity contribution >= 4 is 0 Å². The number of aryl methyl sites for hydroxylation is 2. The standard InChI is InChI=1S/C16H27N3/c1-12-15(13(2)19(4)18-12)11-16(17-3)14-9-7-5-6-8-10-14/h9,16-17H,5-8,10-11H2,1-4H3. The Balaban J connectivity index is 2.16. The van der Waals surface area contributed by atoms with E-state index in [-0.39, 0.29) is 0 Å². The van der Waals surface area contributed by atoms with Crippen LogP contribution < -0.4 is 5.32 Å². The Morgan fingerprint density at radius 2 is 2.11 bits per heavy atom. The van der Waals surface area contributed by atoms with E-state index < -0.39 is 0 Å². The van der Waals surface area contributed by atoms with Crippen LogP contribution in [0.3, 0.4) is 0 Å². The maximum absolute atomic E-state index is 4.53. The molecule has 0 bridgehead atoms. The second-order valence-corrected chi connectivity index (χ2v) is 5.70. The lowest BCUT2D eigenvalue weighted by molar-refractivity contribution is 0.594. The van der Waals surface area contributed by atoms with Crippen molar-refractivity contribution in [1.29, 1.82) is 0 Å². The van der Waals surface area contributed by atoms with Crippen LogP contribution in [0.15, 0.2) is 11.6 Å². The molecule has 1 N–H and O–H groups in total. The second-order valence-electron chi connectivity index (χ2n) is 5.70. The van der Waals surface area contributed by atoms with E-state index in [0.29, 0.717) is 6.04 Å². The van der Waals surface area contributed by atoms with Crippen molar-refractivity contribution in [3.8, 4) is 0 Å². The topological polar surface area (TPSA) is 29.9 Å². The van der Waals surface area contributed by atoms with Crippen molar-refractivity contribution in [1.82, 2.24) is 15.1 Å². The first-order valence-corrected chi connectivity index (χ1v) is 7.48. The molecule has 19 heavy (non-hydrogen) atoms. The van der Waals surface area contributed by atoms with Gasteiger partial charge in [0.15, 0.2) is 0 Å². The van der Waals surface area contributed by atoms with Crippen LogP contribution in [-0.4, -0.2) is 22.9 Å². The lowest BCUT2D eigenvalue weighted by atomic mass is 9.94. The first-order chi connectivity index (χ1) is 9.13. The number of hydrogen-bond donors (Lipinski definition) is 1. The highest BCUT2D eigenvalue weighted by Crippen LogP contribution is 2.23. The minimum absolute atomic E-state index is 0.472. The van der Waals surface area contributed by atoms with Gasteiger partial charge >= 0.3 is 0 Å². The lowest BCUT2D eigenvalue weighted by Crippen LogP contribution is -2.30. The molecule has 3 heteroatoms. The number of nitrogens with one attached hydrogen (secondary N) is 1. The SMILES string of the molecule is CNC(Cc1c(C)nn(C)c1C)C1=CCCCCC1. The summed E-state index contributed by atoms with van der Waals surface area (Å²) in [6.07, 6.45) is 10.1. The van der Waals surface area contributed by atoms with E-state index in [4.69, 9.17) is 0 Å². The summed E-state index contributed by atoms with van der Waals surface area (Å²) in [5, 5.41) is 8.04. The van der Waals surface area contributed by atoms with Crippen LogP contribution in [0.2, 0.25) is 0 Å². The largest absolute Gasteiger partial charge is 0.313 e. The van der Waals surface area contributed by atoms with Gasteiger partial charge in [0.05, 0.1) is 5.69 Å². The average Bonchev–Trinajstić information content (AvgIpc) is 2.64. The smallest absolute Gasteiger partial charge is 0.0629 e. The van der Waals surface area contributed by atoms with Gasteiger partial charge in [0.2, 0.25) is 0 Å². The molecule has 1 aromatic rings. The van der Waals surface area contributed by atoms with E-state index in [1.807, 2.05) is 11.7 Å². The Bertz CT molecular complexity index is 457. The van der Waals surface area contributed by atoms with Gasteiger partial charge < -0.3 is 5.32 Å². The van der Waals surface area contributed by atoms with Gasteiger partial charge in [-0.25, -0.2) is 0 Å². The van der Waals surface area contributed by atoms with E-state index >= 15 is 0 Å². The molecule has 0 spiro atoms. The van der Waals surface area contributed by atoms with Crippen molar-refractivity contribution in [3.63, 3.8) is 0 Å². The molecular formula is C16H27N3. The summed E-state index contributed by atoms with van der Waals surface area (Å²) in [5.41, 5.74) is 5.48. The van der Waals surface area contributed by atoms with Crippen molar-refractivity contribution < 1.29 is 0 Å². The molecule has 0 radical (unpaired) electrons.